The van der Waals surface area contributed by atoms with Gasteiger partial charge in [-0.25, -0.2) is 9.89 Å². The molecule has 0 atom stereocenters. The van der Waals surface area contributed by atoms with Crippen LogP contribution in [0, 0.1) is 6.92 Å². The third kappa shape index (κ3) is 5.55. The summed E-state index contributed by atoms with van der Waals surface area (Å²) >= 11 is 0. The molecule has 2 aromatic heterocycles. The standard InChI is InChI=1S/C33H38N6O/c1-6-7-8-13-26-22-39(30-23(2)12-11-16-29(30)33(3,4)5)32(40)38(26)21-24-17-19-25(20-18-24)27-14-9-10-15-28(27)31-34-36-37-35-31/h9-12,14-20,22H,6-8,13,21H2,1-5H3,(H,34,35,36,37). The van der Waals surface area contributed by atoms with E-state index in [4.69, 9.17) is 0 Å². The van der Waals surface area contributed by atoms with E-state index in [0.717, 1.165) is 64.9 Å². The molecule has 5 aromatic rings. The lowest BCUT2D eigenvalue weighted by Crippen LogP contribution is -2.27. The highest BCUT2D eigenvalue weighted by atomic mass is 16.1. The fourth-order valence-corrected chi connectivity index (χ4v) is 5.38. The van der Waals surface area contributed by atoms with Crippen molar-refractivity contribution in [1.29, 1.82) is 0 Å². The molecule has 7 heteroatoms. The summed E-state index contributed by atoms with van der Waals surface area (Å²) in [5.74, 6) is 0.634. The van der Waals surface area contributed by atoms with Crippen LogP contribution in [0.25, 0.3) is 28.2 Å². The van der Waals surface area contributed by atoms with Gasteiger partial charge in [0, 0.05) is 17.5 Å². The van der Waals surface area contributed by atoms with Crippen molar-refractivity contribution in [2.24, 2.45) is 0 Å². The van der Waals surface area contributed by atoms with Crippen LogP contribution in [-0.4, -0.2) is 29.8 Å². The number of rotatable bonds is 9. The lowest BCUT2D eigenvalue weighted by molar-refractivity contribution is 0.583. The van der Waals surface area contributed by atoms with Crippen molar-refractivity contribution < 1.29 is 0 Å². The predicted molar refractivity (Wildman–Crippen MR) is 161 cm³/mol. The molecule has 40 heavy (non-hydrogen) atoms. The Labute approximate surface area is 235 Å². The Kier molecular flexibility index (Phi) is 7.83. The second kappa shape index (κ2) is 11.5. The molecule has 0 unspecified atom stereocenters. The van der Waals surface area contributed by atoms with Crippen LogP contribution in [-0.2, 0) is 18.4 Å². The van der Waals surface area contributed by atoms with Crippen LogP contribution < -0.4 is 5.69 Å². The van der Waals surface area contributed by atoms with Crippen molar-refractivity contribution in [2.45, 2.75) is 72.3 Å². The fourth-order valence-electron chi connectivity index (χ4n) is 5.38. The summed E-state index contributed by atoms with van der Waals surface area (Å²) in [5.41, 5.74) is 8.44. The van der Waals surface area contributed by atoms with Gasteiger partial charge in [0.15, 0.2) is 5.82 Å². The monoisotopic (exact) mass is 534 g/mol. The maximum Gasteiger partial charge on any atom is 0.333 e. The maximum atomic E-state index is 14.0. The van der Waals surface area contributed by atoms with E-state index in [1.165, 1.54) is 5.56 Å². The molecule has 0 saturated heterocycles. The number of para-hydroxylation sites is 1. The minimum absolute atomic E-state index is 0.0125. The number of nitrogens with zero attached hydrogens (tertiary/aromatic N) is 5. The smallest absolute Gasteiger partial charge is 0.292 e. The number of hydrogen-bond donors (Lipinski definition) is 1. The van der Waals surface area contributed by atoms with Crippen LogP contribution in [0.5, 0.6) is 0 Å². The molecule has 0 bridgehead atoms. The van der Waals surface area contributed by atoms with E-state index in [1.807, 2.05) is 27.3 Å². The van der Waals surface area contributed by atoms with E-state index in [2.05, 4.69) is 110 Å². The lowest BCUT2D eigenvalue weighted by atomic mass is 9.84. The molecule has 1 N–H and O–H groups in total. The number of benzene rings is 3. The summed E-state index contributed by atoms with van der Waals surface area (Å²) < 4.78 is 3.84. The van der Waals surface area contributed by atoms with E-state index in [0.29, 0.717) is 12.4 Å². The van der Waals surface area contributed by atoms with Crippen molar-refractivity contribution in [2.75, 3.05) is 0 Å². The van der Waals surface area contributed by atoms with Crippen LogP contribution in [0.4, 0.5) is 0 Å². The van der Waals surface area contributed by atoms with Gasteiger partial charge in [0.25, 0.3) is 0 Å². The summed E-state index contributed by atoms with van der Waals surface area (Å²) in [4.78, 5) is 14.0. The Balaban J connectivity index is 1.52. The van der Waals surface area contributed by atoms with Crippen molar-refractivity contribution in [3.05, 3.63) is 106 Å². The molecular weight excluding hydrogens is 496 g/mol. The molecule has 0 amide bonds. The summed E-state index contributed by atoms with van der Waals surface area (Å²) in [6.07, 6.45) is 6.30. The minimum atomic E-state index is -0.0842. The van der Waals surface area contributed by atoms with Crippen molar-refractivity contribution in [1.82, 2.24) is 29.8 Å². The first-order valence-corrected chi connectivity index (χ1v) is 14.1. The normalized spacial score (nSPS) is 11.7. The van der Waals surface area contributed by atoms with E-state index in [9.17, 15) is 4.79 Å². The van der Waals surface area contributed by atoms with Crippen LogP contribution >= 0.6 is 0 Å². The van der Waals surface area contributed by atoms with Gasteiger partial charge in [0.05, 0.1) is 12.2 Å². The Morgan fingerprint density at radius 2 is 1.65 bits per heavy atom. The molecule has 206 valence electrons. The van der Waals surface area contributed by atoms with Crippen LogP contribution in [0.15, 0.2) is 77.7 Å². The first kappa shape index (κ1) is 27.3. The number of H-pyrrole nitrogens is 1. The summed E-state index contributed by atoms with van der Waals surface area (Å²) in [5, 5.41) is 14.4. The highest BCUT2D eigenvalue weighted by molar-refractivity contribution is 5.80. The second-order valence-corrected chi connectivity index (χ2v) is 11.5. The predicted octanol–water partition coefficient (Wildman–Crippen LogP) is 6.87. The zero-order chi connectivity index (χ0) is 28.3. The van der Waals surface area contributed by atoms with Crippen LogP contribution in [0.3, 0.4) is 0 Å². The average Bonchev–Trinajstić information content (AvgIpc) is 3.58. The third-order valence-electron chi connectivity index (χ3n) is 7.52. The summed E-state index contributed by atoms with van der Waals surface area (Å²) in [7, 11) is 0. The number of nitrogens with one attached hydrogen (secondary N) is 1. The zero-order valence-corrected chi connectivity index (χ0v) is 24.1. The van der Waals surface area contributed by atoms with Gasteiger partial charge in [-0.1, -0.05) is 107 Å². The molecule has 5 rings (SSSR count). The Morgan fingerprint density at radius 1 is 0.900 bits per heavy atom. The van der Waals surface area contributed by atoms with E-state index < -0.39 is 0 Å². The number of aromatic nitrogens is 6. The number of tetrazole rings is 1. The first-order valence-electron chi connectivity index (χ1n) is 14.1. The summed E-state index contributed by atoms with van der Waals surface area (Å²) in [6, 6.07) is 22.8. The van der Waals surface area contributed by atoms with E-state index in [1.54, 1.807) is 0 Å². The summed E-state index contributed by atoms with van der Waals surface area (Å²) in [6.45, 7) is 11.4. The molecule has 0 saturated carbocycles. The van der Waals surface area contributed by atoms with Crippen molar-refractivity contribution in [3.8, 4) is 28.2 Å². The van der Waals surface area contributed by atoms with Gasteiger partial charge in [0.1, 0.15) is 0 Å². The van der Waals surface area contributed by atoms with Gasteiger partial charge in [-0.15, -0.1) is 5.10 Å². The minimum Gasteiger partial charge on any atom is -0.292 e. The molecule has 0 aliphatic carbocycles. The number of aromatic amines is 1. The molecule has 0 spiro atoms. The van der Waals surface area contributed by atoms with Crippen LogP contribution in [0.2, 0.25) is 0 Å². The Morgan fingerprint density at radius 3 is 2.33 bits per heavy atom. The van der Waals surface area contributed by atoms with Crippen molar-refractivity contribution >= 4 is 0 Å². The molecule has 2 heterocycles. The van der Waals surface area contributed by atoms with E-state index in [-0.39, 0.29) is 11.1 Å². The largest absolute Gasteiger partial charge is 0.333 e. The van der Waals surface area contributed by atoms with E-state index >= 15 is 0 Å². The molecule has 3 aromatic carbocycles. The zero-order valence-electron chi connectivity index (χ0n) is 24.1. The quantitative estimate of drug-likeness (QED) is 0.209. The molecule has 0 fully saturated rings. The molecule has 0 aliphatic rings. The number of imidazole rings is 1. The molecular formula is C33H38N6O. The third-order valence-corrected chi connectivity index (χ3v) is 7.52. The van der Waals surface area contributed by atoms with Gasteiger partial charge < -0.3 is 0 Å². The van der Waals surface area contributed by atoms with Crippen LogP contribution in [0.1, 0.15) is 69.3 Å². The topological polar surface area (TPSA) is 81.4 Å². The van der Waals surface area contributed by atoms with Gasteiger partial charge >= 0.3 is 5.69 Å². The number of hydrogen-bond acceptors (Lipinski definition) is 4. The average molecular weight is 535 g/mol. The van der Waals surface area contributed by atoms with Gasteiger partial charge in [0.2, 0.25) is 0 Å². The molecule has 0 aliphatic heterocycles. The highest BCUT2D eigenvalue weighted by Crippen LogP contribution is 2.31. The maximum absolute atomic E-state index is 14.0. The second-order valence-electron chi connectivity index (χ2n) is 11.5. The molecule has 0 radical (unpaired) electrons. The van der Waals surface area contributed by atoms with Gasteiger partial charge in [-0.2, -0.15) is 0 Å². The Bertz CT molecular complexity index is 1640. The van der Waals surface area contributed by atoms with Gasteiger partial charge in [-0.3, -0.25) is 9.13 Å². The molecule has 7 nitrogen and oxygen atoms in total. The number of unbranched alkanes of at least 4 members (excludes halogenated alkanes) is 2. The Hall–Kier alpha value is -4.26. The van der Waals surface area contributed by atoms with Crippen molar-refractivity contribution in [3.63, 3.8) is 0 Å². The SMILES string of the molecule is CCCCCc1cn(-c2c(C)cccc2C(C)(C)C)c(=O)n1Cc1ccc(-c2ccccc2-c2nnn[nH]2)cc1. The first-order chi connectivity index (χ1) is 19.3. The lowest BCUT2D eigenvalue weighted by Gasteiger charge is -2.24. The number of aryl methyl sites for hydroxylation is 2. The highest BCUT2D eigenvalue weighted by Gasteiger charge is 2.23. The fraction of sp³-hybridized carbons (Fsp3) is 0.333. The van der Waals surface area contributed by atoms with Gasteiger partial charge in [-0.05, 0) is 63.4 Å².